The van der Waals surface area contributed by atoms with Gasteiger partial charge in [-0.15, -0.1) is 0 Å². The molecule has 7 nitrogen and oxygen atoms in total. The monoisotopic (exact) mass is 422 g/mol. The Morgan fingerprint density at radius 3 is 2.64 bits per heavy atom. The Morgan fingerprint density at radius 2 is 2.00 bits per heavy atom. The summed E-state index contributed by atoms with van der Waals surface area (Å²) in [5, 5.41) is 2.84. The predicted molar refractivity (Wildman–Crippen MR) is 107 cm³/mol. The molecule has 1 N–H and O–H groups in total. The summed E-state index contributed by atoms with van der Waals surface area (Å²) in [5.41, 5.74) is 0.587. The maximum Gasteiger partial charge on any atom is 0.257 e. The van der Waals surface area contributed by atoms with Crippen LogP contribution < -0.4 is 14.4 Å². The Bertz CT molecular complexity index is 1040. The second-order valence-corrected chi connectivity index (χ2v) is 8.60. The number of nitrogens with one attached hydrogen (secondary N) is 1. The average Bonchev–Trinajstić information content (AvgIpc) is 2.84. The lowest BCUT2D eigenvalue weighted by Crippen LogP contribution is -2.30. The van der Waals surface area contributed by atoms with Crippen molar-refractivity contribution in [1.82, 2.24) is 0 Å². The van der Waals surface area contributed by atoms with Crippen LogP contribution in [0.3, 0.4) is 0 Å². The second kappa shape index (κ2) is 7.81. The number of para-hydroxylation sites is 2. The number of hydrogen-bond acceptors (Lipinski definition) is 5. The van der Waals surface area contributed by atoms with Crippen molar-refractivity contribution < 1.29 is 22.7 Å². The van der Waals surface area contributed by atoms with E-state index in [1.807, 2.05) is 6.92 Å². The molecule has 2 aromatic rings. The van der Waals surface area contributed by atoms with Crippen molar-refractivity contribution in [3.8, 4) is 5.75 Å². The Labute approximate surface area is 168 Å². The van der Waals surface area contributed by atoms with Gasteiger partial charge in [0.1, 0.15) is 5.75 Å². The number of anilines is 2. The summed E-state index contributed by atoms with van der Waals surface area (Å²) in [6.45, 7) is 3.80. The summed E-state index contributed by atoms with van der Waals surface area (Å²) in [6.07, 6.45) is 0. The fourth-order valence-corrected chi connectivity index (χ4v) is 4.96. The smallest absolute Gasteiger partial charge is 0.257 e. The number of nitrogens with zero attached hydrogens (tertiary/aromatic N) is 1. The first-order chi connectivity index (χ1) is 13.2. The zero-order valence-corrected chi connectivity index (χ0v) is 16.9. The van der Waals surface area contributed by atoms with Gasteiger partial charge in [0.15, 0.2) is 0 Å². The molecule has 148 valence electrons. The topological polar surface area (TPSA) is 92.8 Å². The summed E-state index contributed by atoms with van der Waals surface area (Å²) in [4.78, 5) is 25.1. The number of carbonyl (C=O) groups is 2. The molecule has 1 heterocycles. The number of ether oxygens (including phenoxy) is 1. The van der Waals surface area contributed by atoms with E-state index in [0.29, 0.717) is 18.0 Å². The zero-order valence-electron chi connectivity index (χ0n) is 15.3. The molecule has 3 rings (SSSR count). The van der Waals surface area contributed by atoms with Crippen LogP contribution in [-0.4, -0.2) is 32.6 Å². The minimum atomic E-state index is -3.78. The maximum absolute atomic E-state index is 12.8. The minimum absolute atomic E-state index is 0.0491. The van der Waals surface area contributed by atoms with Crippen LogP contribution in [0.5, 0.6) is 5.75 Å². The number of rotatable bonds is 5. The largest absolute Gasteiger partial charge is 0.492 e. The van der Waals surface area contributed by atoms with E-state index >= 15 is 0 Å². The highest BCUT2D eigenvalue weighted by atomic mass is 35.5. The first kappa shape index (κ1) is 20.2. The molecule has 1 atom stereocenters. The van der Waals surface area contributed by atoms with Gasteiger partial charge in [-0.3, -0.25) is 9.59 Å². The fourth-order valence-electron chi connectivity index (χ4n) is 2.94. The molecule has 0 spiro atoms. The third kappa shape index (κ3) is 3.83. The summed E-state index contributed by atoms with van der Waals surface area (Å²) >= 11 is 6.16. The molecule has 0 aromatic heterocycles. The van der Waals surface area contributed by atoms with Crippen LogP contribution in [0, 0.1) is 5.92 Å². The van der Waals surface area contributed by atoms with Crippen LogP contribution in [0.25, 0.3) is 0 Å². The molecule has 1 aliphatic heterocycles. The van der Waals surface area contributed by atoms with Crippen molar-refractivity contribution >= 4 is 44.8 Å². The molecule has 2 aromatic carbocycles. The summed E-state index contributed by atoms with van der Waals surface area (Å²) in [7, 11) is -3.78. The van der Waals surface area contributed by atoms with E-state index in [9.17, 15) is 18.0 Å². The molecular formula is C19H19ClN2O5S. The Kier molecular flexibility index (Phi) is 5.62. The quantitative estimate of drug-likeness (QED) is 0.797. The third-order valence-electron chi connectivity index (χ3n) is 4.22. The highest BCUT2D eigenvalue weighted by Gasteiger charge is 2.42. The van der Waals surface area contributed by atoms with Gasteiger partial charge in [-0.05, 0) is 37.3 Å². The van der Waals surface area contributed by atoms with Gasteiger partial charge in [0.2, 0.25) is 15.9 Å². The number of hydrogen-bond donors (Lipinski definition) is 1. The van der Waals surface area contributed by atoms with Gasteiger partial charge in [-0.1, -0.05) is 30.7 Å². The predicted octanol–water partition coefficient (Wildman–Crippen LogP) is 3.30. The van der Waals surface area contributed by atoms with E-state index in [-0.39, 0.29) is 22.0 Å². The normalized spacial score (nSPS) is 18.2. The first-order valence-electron chi connectivity index (χ1n) is 8.64. The average molecular weight is 423 g/mol. The van der Waals surface area contributed by atoms with E-state index in [1.54, 1.807) is 31.2 Å². The number of sulfonamides is 1. The van der Waals surface area contributed by atoms with Crippen molar-refractivity contribution in [2.45, 2.75) is 13.8 Å². The zero-order chi connectivity index (χ0) is 20.5. The van der Waals surface area contributed by atoms with Crippen molar-refractivity contribution in [2.24, 2.45) is 5.92 Å². The molecule has 28 heavy (non-hydrogen) atoms. The van der Waals surface area contributed by atoms with Crippen molar-refractivity contribution in [3.05, 3.63) is 53.1 Å². The molecule has 1 unspecified atom stereocenters. The van der Waals surface area contributed by atoms with E-state index in [2.05, 4.69) is 5.32 Å². The number of amides is 2. The molecule has 9 heteroatoms. The minimum Gasteiger partial charge on any atom is -0.492 e. The molecule has 0 aliphatic carbocycles. The molecule has 1 saturated heterocycles. The Hall–Kier alpha value is -2.58. The molecule has 2 amide bonds. The maximum atomic E-state index is 12.8. The SMILES string of the molecule is CCOc1ccccc1NC(=O)c1cc(N2C(=O)C(C)CS2(=O)=O)ccc1Cl. The third-order valence-corrected chi connectivity index (χ3v) is 6.42. The van der Waals surface area contributed by atoms with E-state index in [4.69, 9.17) is 16.3 Å². The molecule has 0 radical (unpaired) electrons. The van der Waals surface area contributed by atoms with Gasteiger partial charge in [-0.25, -0.2) is 12.7 Å². The molecule has 0 bridgehead atoms. The number of benzene rings is 2. The molecular weight excluding hydrogens is 404 g/mol. The molecule has 1 fully saturated rings. The van der Waals surface area contributed by atoms with Gasteiger partial charge in [0.05, 0.1) is 40.2 Å². The fraction of sp³-hybridized carbons (Fsp3) is 0.263. The Balaban J connectivity index is 1.94. The number of halogens is 1. The van der Waals surface area contributed by atoms with Crippen molar-refractivity contribution in [1.29, 1.82) is 0 Å². The summed E-state index contributed by atoms with van der Waals surface area (Å²) in [5.74, 6) is -1.49. The summed E-state index contributed by atoms with van der Waals surface area (Å²) < 4.78 is 30.8. The highest BCUT2D eigenvalue weighted by molar-refractivity contribution is 7.94. The van der Waals surface area contributed by atoms with Crippen LogP contribution in [0.15, 0.2) is 42.5 Å². The van der Waals surface area contributed by atoms with E-state index < -0.39 is 27.8 Å². The summed E-state index contributed by atoms with van der Waals surface area (Å²) in [6, 6.07) is 11.0. The van der Waals surface area contributed by atoms with Crippen LogP contribution in [0.1, 0.15) is 24.2 Å². The highest BCUT2D eigenvalue weighted by Crippen LogP contribution is 2.32. The Morgan fingerprint density at radius 1 is 1.29 bits per heavy atom. The molecule has 1 aliphatic rings. The van der Waals surface area contributed by atoms with Crippen LogP contribution in [0.2, 0.25) is 5.02 Å². The van der Waals surface area contributed by atoms with Crippen molar-refractivity contribution in [3.63, 3.8) is 0 Å². The standard InChI is InChI=1S/C19H19ClN2O5S/c1-3-27-17-7-5-4-6-16(17)21-18(23)14-10-13(8-9-15(14)20)22-19(24)12(2)11-28(22,25)26/h4-10,12H,3,11H2,1-2H3,(H,21,23). The van der Waals surface area contributed by atoms with Crippen LogP contribution >= 0.6 is 11.6 Å². The number of carbonyl (C=O) groups excluding carboxylic acids is 2. The van der Waals surface area contributed by atoms with Gasteiger partial charge >= 0.3 is 0 Å². The first-order valence-corrected chi connectivity index (χ1v) is 10.6. The lowest BCUT2D eigenvalue weighted by Gasteiger charge is -2.17. The van der Waals surface area contributed by atoms with Crippen LogP contribution in [-0.2, 0) is 14.8 Å². The van der Waals surface area contributed by atoms with E-state index in [0.717, 1.165) is 4.31 Å². The van der Waals surface area contributed by atoms with Crippen molar-refractivity contribution in [2.75, 3.05) is 22.0 Å². The molecule has 0 saturated carbocycles. The lowest BCUT2D eigenvalue weighted by molar-refractivity contribution is -0.119. The van der Waals surface area contributed by atoms with Gasteiger partial charge in [-0.2, -0.15) is 0 Å². The van der Waals surface area contributed by atoms with Gasteiger partial charge in [0.25, 0.3) is 5.91 Å². The van der Waals surface area contributed by atoms with Gasteiger partial charge < -0.3 is 10.1 Å². The van der Waals surface area contributed by atoms with E-state index in [1.165, 1.54) is 18.2 Å². The second-order valence-electron chi connectivity index (χ2n) is 6.33. The lowest BCUT2D eigenvalue weighted by atomic mass is 10.1. The van der Waals surface area contributed by atoms with Gasteiger partial charge in [0, 0.05) is 0 Å². The van der Waals surface area contributed by atoms with Crippen LogP contribution in [0.4, 0.5) is 11.4 Å².